The summed E-state index contributed by atoms with van der Waals surface area (Å²) in [6.07, 6.45) is 24.2. The molecule has 0 aliphatic carbocycles. The maximum atomic E-state index is 9.29. The molecular formula is C22H47NO. The van der Waals surface area contributed by atoms with Gasteiger partial charge in [0.05, 0.1) is 6.61 Å². The number of rotatable bonds is 19. The number of aliphatic hydroxyl groups is 1. The topological polar surface area (TPSA) is 46.2 Å². The first-order valence-corrected chi connectivity index (χ1v) is 11.1. The molecule has 0 saturated carbocycles. The average Bonchev–Trinajstić information content (AvgIpc) is 2.61. The van der Waals surface area contributed by atoms with Gasteiger partial charge in [-0.2, -0.15) is 0 Å². The van der Waals surface area contributed by atoms with E-state index in [2.05, 4.69) is 13.8 Å². The molecule has 24 heavy (non-hydrogen) atoms. The van der Waals surface area contributed by atoms with E-state index in [1.807, 2.05) is 0 Å². The van der Waals surface area contributed by atoms with Crippen LogP contribution in [0, 0.1) is 0 Å². The molecule has 0 saturated heterocycles. The van der Waals surface area contributed by atoms with Gasteiger partial charge in [-0.05, 0) is 12.8 Å². The van der Waals surface area contributed by atoms with Gasteiger partial charge in [0.15, 0.2) is 0 Å². The van der Waals surface area contributed by atoms with Crippen molar-refractivity contribution < 1.29 is 5.11 Å². The standard InChI is InChI=1S/C22H47NO/c1-3-5-6-7-8-9-10-11-12-13-14-15-16-17-18-19-20-22(23,4-2)21-24/h24H,3-21,23H2,1-2H3. The molecule has 3 N–H and O–H groups in total. The van der Waals surface area contributed by atoms with Crippen molar-refractivity contribution in [3.05, 3.63) is 0 Å². The molecule has 0 radical (unpaired) electrons. The highest BCUT2D eigenvalue weighted by atomic mass is 16.3. The van der Waals surface area contributed by atoms with Crippen LogP contribution in [0.5, 0.6) is 0 Å². The van der Waals surface area contributed by atoms with E-state index in [4.69, 9.17) is 5.73 Å². The van der Waals surface area contributed by atoms with Crippen LogP contribution in [-0.2, 0) is 0 Å². The van der Waals surface area contributed by atoms with Gasteiger partial charge in [0.2, 0.25) is 0 Å². The molecule has 0 bridgehead atoms. The van der Waals surface area contributed by atoms with Gasteiger partial charge in [0.25, 0.3) is 0 Å². The highest BCUT2D eigenvalue weighted by Crippen LogP contribution is 2.17. The van der Waals surface area contributed by atoms with Gasteiger partial charge >= 0.3 is 0 Å². The van der Waals surface area contributed by atoms with E-state index in [1.54, 1.807) is 0 Å². The first-order chi connectivity index (χ1) is 11.7. The summed E-state index contributed by atoms with van der Waals surface area (Å²) in [7, 11) is 0. The van der Waals surface area contributed by atoms with Crippen molar-refractivity contribution >= 4 is 0 Å². The third-order valence-corrected chi connectivity index (χ3v) is 5.55. The quantitative estimate of drug-likeness (QED) is 0.256. The van der Waals surface area contributed by atoms with Crippen molar-refractivity contribution in [3.63, 3.8) is 0 Å². The zero-order valence-electron chi connectivity index (χ0n) is 17.0. The van der Waals surface area contributed by atoms with E-state index in [0.29, 0.717) is 0 Å². The van der Waals surface area contributed by atoms with Crippen LogP contribution >= 0.6 is 0 Å². The number of unbranched alkanes of at least 4 members (excludes halogenated alkanes) is 15. The van der Waals surface area contributed by atoms with Crippen molar-refractivity contribution in [3.8, 4) is 0 Å². The molecule has 0 aliphatic rings. The summed E-state index contributed by atoms with van der Waals surface area (Å²) in [4.78, 5) is 0. The average molecular weight is 342 g/mol. The smallest absolute Gasteiger partial charge is 0.0611 e. The number of nitrogens with two attached hydrogens (primary N) is 1. The van der Waals surface area contributed by atoms with Gasteiger partial charge in [-0.15, -0.1) is 0 Å². The maximum Gasteiger partial charge on any atom is 0.0611 e. The summed E-state index contributed by atoms with van der Waals surface area (Å²) in [5.41, 5.74) is 5.78. The number of hydrogen-bond donors (Lipinski definition) is 2. The second-order valence-corrected chi connectivity index (χ2v) is 7.93. The Hall–Kier alpha value is -0.0800. The molecule has 0 rings (SSSR count). The summed E-state index contributed by atoms with van der Waals surface area (Å²) in [6, 6.07) is 0. The first kappa shape index (κ1) is 23.9. The Kier molecular flexibility index (Phi) is 17.7. The molecular weight excluding hydrogens is 294 g/mol. The van der Waals surface area contributed by atoms with Crippen molar-refractivity contribution in [2.24, 2.45) is 5.73 Å². The largest absolute Gasteiger partial charge is 0.394 e. The molecule has 2 nitrogen and oxygen atoms in total. The Balaban J connectivity index is 3.13. The minimum Gasteiger partial charge on any atom is -0.394 e. The lowest BCUT2D eigenvalue weighted by Gasteiger charge is -2.25. The zero-order chi connectivity index (χ0) is 17.9. The van der Waals surface area contributed by atoms with Crippen LogP contribution < -0.4 is 5.73 Å². The monoisotopic (exact) mass is 341 g/mol. The minimum atomic E-state index is -0.323. The molecule has 1 atom stereocenters. The maximum absolute atomic E-state index is 9.29. The molecule has 0 aromatic rings. The third-order valence-electron chi connectivity index (χ3n) is 5.55. The summed E-state index contributed by atoms with van der Waals surface area (Å²) in [5, 5.41) is 9.29. The molecule has 0 fully saturated rings. The number of hydrogen-bond acceptors (Lipinski definition) is 2. The molecule has 146 valence electrons. The molecule has 0 aromatic heterocycles. The van der Waals surface area contributed by atoms with Crippen LogP contribution in [0.3, 0.4) is 0 Å². The van der Waals surface area contributed by atoms with Crippen molar-refractivity contribution in [1.29, 1.82) is 0 Å². The third kappa shape index (κ3) is 15.4. The molecule has 0 aliphatic heterocycles. The van der Waals surface area contributed by atoms with Gasteiger partial charge in [-0.1, -0.05) is 117 Å². The highest BCUT2D eigenvalue weighted by Gasteiger charge is 2.20. The predicted molar refractivity (Wildman–Crippen MR) is 108 cm³/mol. The van der Waals surface area contributed by atoms with Gasteiger partial charge in [-0.3, -0.25) is 0 Å². The van der Waals surface area contributed by atoms with Crippen LogP contribution in [0.2, 0.25) is 0 Å². The van der Waals surface area contributed by atoms with Gasteiger partial charge in [0.1, 0.15) is 0 Å². The fourth-order valence-electron chi connectivity index (χ4n) is 3.39. The fraction of sp³-hybridized carbons (Fsp3) is 1.00. The Morgan fingerprint density at radius 3 is 1.21 bits per heavy atom. The second-order valence-electron chi connectivity index (χ2n) is 7.93. The molecule has 0 aromatic carbocycles. The first-order valence-electron chi connectivity index (χ1n) is 11.1. The predicted octanol–water partition coefficient (Wildman–Crippen LogP) is 6.74. The normalized spacial score (nSPS) is 14.0. The van der Waals surface area contributed by atoms with Gasteiger partial charge in [0, 0.05) is 5.54 Å². The van der Waals surface area contributed by atoms with E-state index < -0.39 is 0 Å². The highest BCUT2D eigenvalue weighted by molar-refractivity contribution is 4.81. The van der Waals surface area contributed by atoms with Gasteiger partial charge < -0.3 is 10.8 Å². The van der Waals surface area contributed by atoms with Crippen molar-refractivity contribution in [1.82, 2.24) is 0 Å². The summed E-state index contributed by atoms with van der Waals surface area (Å²) < 4.78 is 0. The van der Waals surface area contributed by atoms with E-state index >= 15 is 0 Å². The SMILES string of the molecule is CCCCCCCCCCCCCCCCCCC(N)(CC)CO. The molecule has 1 unspecified atom stereocenters. The second kappa shape index (κ2) is 17.7. The molecule has 0 amide bonds. The fourth-order valence-corrected chi connectivity index (χ4v) is 3.39. The van der Waals surface area contributed by atoms with Crippen LogP contribution in [0.15, 0.2) is 0 Å². The van der Waals surface area contributed by atoms with Crippen LogP contribution in [-0.4, -0.2) is 17.3 Å². The Labute approximate surface area is 153 Å². The number of aliphatic hydroxyl groups excluding tert-OH is 1. The minimum absolute atomic E-state index is 0.127. The zero-order valence-corrected chi connectivity index (χ0v) is 17.0. The lowest BCUT2D eigenvalue weighted by molar-refractivity contribution is 0.179. The Morgan fingerprint density at radius 1 is 0.583 bits per heavy atom. The van der Waals surface area contributed by atoms with Gasteiger partial charge in [-0.25, -0.2) is 0 Å². The van der Waals surface area contributed by atoms with Crippen LogP contribution in [0.25, 0.3) is 0 Å². The van der Waals surface area contributed by atoms with Crippen LogP contribution in [0.4, 0.5) is 0 Å². The van der Waals surface area contributed by atoms with Crippen LogP contribution in [0.1, 0.15) is 129 Å². The molecule has 0 spiro atoms. The Bertz CT molecular complexity index is 238. The lowest BCUT2D eigenvalue weighted by atomic mass is 9.91. The molecule has 0 heterocycles. The van der Waals surface area contributed by atoms with E-state index in [0.717, 1.165) is 12.8 Å². The van der Waals surface area contributed by atoms with E-state index in [1.165, 1.54) is 103 Å². The summed E-state index contributed by atoms with van der Waals surface area (Å²) >= 11 is 0. The summed E-state index contributed by atoms with van der Waals surface area (Å²) in [6.45, 7) is 4.49. The Morgan fingerprint density at radius 2 is 0.917 bits per heavy atom. The molecule has 2 heteroatoms. The van der Waals surface area contributed by atoms with E-state index in [9.17, 15) is 5.11 Å². The van der Waals surface area contributed by atoms with Crippen molar-refractivity contribution in [2.75, 3.05) is 6.61 Å². The van der Waals surface area contributed by atoms with E-state index in [-0.39, 0.29) is 12.1 Å². The van der Waals surface area contributed by atoms with Crippen molar-refractivity contribution in [2.45, 2.75) is 135 Å². The lowest BCUT2D eigenvalue weighted by Crippen LogP contribution is -2.42. The summed E-state index contributed by atoms with van der Waals surface area (Å²) in [5.74, 6) is 0.